The van der Waals surface area contributed by atoms with Gasteiger partial charge in [-0.2, -0.15) is 5.10 Å². The number of carbonyl (C=O) groups is 1. The summed E-state index contributed by atoms with van der Waals surface area (Å²) in [5.74, 6) is 0.00463. The second kappa shape index (κ2) is 6.06. The zero-order valence-corrected chi connectivity index (χ0v) is 12.1. The van der Waals surface area contributed by atoms with Gasteiger partial charge in [0.15, 0.2) is 5.69 Å². The first-order valence-electron chi connectivity index (χ1n) is 6.58. The molecule has 1 atom stereocenters. The van der Waals surface area contributed by atoms with Gasteiger partial charge in [-0.3, -0.25) is 9.48 Å². The topological polar surface area (TPSA) is 93.2 Å². The van der Waals surface area contributed by atoms with Gasteiger partial charge in [0.2, 0.25) is 0 Å². The van der Waals surface area contributed by atoms with E-state index in [1.54, 1.807) is 17.8 Å². The first-order chi connectivity index (χ1) is 8.75. The maximum absolute atomic E-state index is 11.9. The molecule has 6 heteroatoms. The van der Waals surface area contributed by atoms with Crippen molar-refractivity contribution in [1.29, 1.82) is 0 Å². The van der Waals surface area contributed by atoms with Crippen molar-refractivity contribution in [3.8, 4) is 0 Å². The van der Waals surface area contributed by atoms with Gasteiger partial charge in [-0.1, -0.05) is 13.8 Å². The Balaban J connectivity index is 2.62. The van der Waals surface area contributed by atoms with Crippen LogP contribution in [0.2, 0.25) is 0 Å². The lowest BCUT2D eigenvalue weighted by Crippen LogP contribution is -2.41. The third kappa shape index (κ3) is 4.55. The number of hydrogen-bond donors (Lipinski definition) is 3. The van der Waals surface area contributed by atoms with Crippen molar-refractivity contribution in [2.75, 3.05) is 12.3 Å². The largest absolute Gasteiger partial charge is 0.396 e. The van der Waals surface area contributed by atoms with E-state index >= 15 is 0 Å². The van der Waals surface area contributed by atoms with Gasteiger partial charge >= 0.3 is 0 Å². The van der Waals surface area contributed by atoms with Gasteiger partial charge in [0.25, 0.3) is 5.91 Å². The number of nitrogens with zero attached hydrogens (tertiary/aromatic N) is 2. The van der Waals surface area contributed by atoms with E-state index in [-0.39, 0.29) is 18.1 Å². The maximum Gasteiger partial charge on any atom is 0.274 e. The predicted molar refractivity (Wildman–Crippen MR) is 74.7 cm³/mol. The third-order valence-electron chi connectivity index (χ3n) is 2.81. The molecule has 4 N–H and O–H groups in total. The van der Waals surface area contributed by atoms with Crippen LogP contribution in [0, 0.1) is 5.92 Å². The van der Waals surface area contributed by atoms with Crippen molar-refractivity contribution in [3.63, 3.8) is 0 Å². The van der Waals surface area contributed by atoms with Crippen LogP contribution in [-0.4, -0.2) is 32.9 Å². The van der Waals surface area contributed by atoms with Gasteiger partial charge in [-0.15, -0.1) is 0 Å². The molecule has 1 rings (SSSR count). The molecule has 0 spiro atoms. The second-order valence-corrected chi connectivity index (χ2v) is 5.57. The average molecular weight is 268 g/mol. The lowest BCUT2D eigenvalue weighted by Gasteiger charge is -2.25. The minimum absolute atomic E-state index is 0.183. The number of amides is 1. The Kier molecular flexibility index (Phi) is 4.94. The molecule has 0 aromatic carbocycles. The zero-order valence-electron chi connectivity index (χ0n) is 12.1. The smallest absolute Gasteiger partial charge is 0.274 e. The van der Waals surface area contributed by atoms with Crippen molar-refractivity contribution in [2.24, 2.45) is 5.92 Å². The molecule has 1 aromatic rings. The molecule has 0 fully saturated rings. The summed E-state index contributed by atoms with van der Waals surface area (Å²) >= 11 is 0. The monoisotopic (exact) mass is 268 g/mol. The van der Waals surface area contributed by atoms with Gasteiger partial charge in [-0.25, -0.2) is 0 Å². The van der Waals surface area contributed by atoms with E-state index in [0.29, 0.717) is 24.6 Å². The van der Waals surface area contributed by atoms with Crippen molar-refractivity contribution in [2.45, 2.75) is 46.3 Å². The van der Waals surface area contributed by atoms with Crippen LogP contribution in [0.4, 0.5) is 5.69 Å². The molecule has 0 saturated carbocycles. The molecule has 0 saturated heterocycles. The van der Waals surface area contributed by atoms with Crippen molar-refractivity contribution in [1.82, 2.24) is 15.1 Å². The van der Waals surface area contributed by atoms with Gasteiger partial charge < -0.3 is 16.2 Å². The third-order valence-corrected chi connectivity index (χ3v) is 2.81. The number of aromatic nitrogens is 2. The summed E-state index contributed by atoms with van der Waals surface area (Å²) in [6.45, 7) is 8.52. The Morgan fingerprint density at radius 2 is 2.26 bits per heavy atom. The Morgan fingerprint density at radius 3 is 2.74 bits per heavy atom. The first-order valence-corrected chi connectivity index (χ1v) is 6.58. The van der Waals surface area contributed by atoms with E-state index in [2.05, 4.69) is 10.4 Å². The Bertz CT molecular complexity index is 438. The highest BCUT2D eigenvalue weighted by Gasteiger charge is 2.24. The first kappa shape index (κ1) is 15.5. The van der Waals surface area contributed by atoms with Crippen LogP contribution in [0.1, 0.15) is 44.6 Å². The molecule has 1 heterocycles. The van der Waals surface area contributed by atoms with Gasteiger partial charge in [-0.05, 0) is 26.2 Å². The fourth-order valence-corrected chi connectivity index (χ4v) is 2.08. The number of nitrogens with two attached hydrogens (primary N) is 1. The maximum atomic E-state index is 11.9. The number of carbonyl (C=O) groups excluding carboxylic acids is 1. The number of nitrogens with one attached hydrogen (secondary N) is 1. The van der Waals surface area contributed by atoms with Crippen LogP contribution in [0.25, 0.3) is 0 Å². The highest BCUT2D eigenvalue weighted by molar-refractivity contribution is 5.97. The predicted octanol–water partition coefficient (Wildman–Crippen LogP) is 1.01. The summed E-state index contributed by atoms with van der Waals surface area (Å²) in [4.78, 5) is 11.9. The van der Waals surface area contributed by atoms with Gasteiger partial charge in [0, 0.05) is 19.3 Å². The van der Waals surface area contributed by atoms with Crippen molar-refractivity contribution < 1.29 is 9.90 Å². The van der Waals surface area contributed by atoms with Crippen LogP contribution in [0.5, 0.6) is 0 Å². The molecule has 0 bridgehead atoms. The zero-order chi connectivity index (χ0) is 14.6. The van der Waals surface area contributed by atoms with E-state index in [9.17, 15) is 9.90 Å². The van der Waals surface area contributed by atoms with Crippen LogP contribution in [-0.2, 0) is 6.54 Å². The summed E-state index contributed by atoms with van der Waals surface area (Å²) in [5, 5.41) is 16.9. The average Bonchev–Trinajstić information content (AvgIpc) is 2.66. The molecule has 1 aromatic heterocycles. The van der Waals surface area contributed by atoms with Crippen LogP contribution >= 0.6 is 0 Å². The summed E-state index contributed by atoms with van der Waals surface area (Å²) < 4.78 is 1.61. The van der Waals surface area contributed by atoms with E-state index in [1.807, 2.05) is 20.8 Å². The Morgan fingerprint density at radius 1 is 1.63 bits per heavy atom. The normalized spacial score (nSPS) is 14.4. The summed E-state index contributed by atoms with van der Waals surface area (Å²) in [6.07, 6.45) is 2.24. The van der Waals surface area contributed by atoms with E-state index < -0.39 is 5.60 Å². The molecule has 0 radical (unpaired) electrons. The number of rotatable bonds is 6. The van der Waals surface area contributed by atoms with Crippen molar-refractivity contribution in [3.05, 3.63) is 11.9 Å². The molecular weight excluding hydrogens is 244 g/mol. The lowest BCUT2D eigenvalue weighted by molar-refractivity contribution is 0.0367. The molecule has 0 aliphatic heterocycles. The van der Waals surface area contributed by atoms with Gasteiger partial charge in [0.1, 0.15) is 0 Å². The molecule has 1 unspecified atom stereocenters. The number of aryl methyl sites for hydroxylation is 1. The molecule has 6 nitrogen and oxygen atoms in total. The molecule has 1 amide bonds. The summed E-state index contributed by atoms with van der Waals surface area (Å²) in [6, 6.07) is 0. The molecular formula is C13H24N4O2. The van der Waals surface area contributed by atoms with E-state index in [1.165, 1.54) is 0 Å². The number of aliphatic hydroxyl groups is 1. The quantitative estimate of drug-likeness (QED) is 0.718. The summed E-state index contributed by atoms with van der Waals surface area (Å²) in [7, 11) is 0. The molecule has 108 valence electrons. The number of nitrogen functional groups attached to an aromatic ring is 1. The fraction of sp³-hybridized carbons (Fsp3) is 0.692. The van der Waals surface area contributed by atoms with Crippen LogP contribution in [0.3, 0.4) is 0 Å². The Labute approximate surface area is 114 Å². The van der Waals surface area contributed by atoms with E-state index in [0.717, 1.165) is 0 Å². The molecule has 0 aliphatic rings. The fourth-order valence-electron chi connectivity index (χ4n) is 2.08. The van der Waals surface area contributed by atoms with Crippen LogP contribution in [0.15, 0.2) is 6.20 Å². The van der Waals surface area contributed by atoms with Gasteiger partial charge in [0.05, 0.1) is 11.3 Å². The highest BCUT2D eigenvalue weighted by Crippen LogP contribution is 2.15. The SMILES string of the molecule is CCn1cc(N)c(C(=O)NCC(C)(O)CC(C)C)n1. The number of hydrogen-bond acceptors (Lipinski definition) is 4. The van der Waals surface area contributed by atoms with Crippen molar-refractivity contribution >= 4 is 11.6 Å². The summed E-state index contributed by atoms with van der Waals surface area (Å²) in [5.41, 5.74) is 5.37. The minimum atomic E-state index is -0.925. The minimum Gasteiger partial charge on any atom is -0.396 e. The van der Waals surface area contributed by atoms with E-state index in [4.69, 9.17) is 5.73 Å². The second-order valence-electron chi connectivity index (χ2n) is 5.57. The molecule has 19 heavy (non-hydrogen) atoms. The van der Waals surface area contributed by atoms with Crippen LogP contribution < -0.4 is 11.1 Å². The standard InChI is InChI=1S/C13H24N4O2/c1-5-17-7-10(14)11(16-17)12(18)15-8-13(4,19)6-9(2)3/h7,9,19H,5-6,8,14H2,1-4H3,(H,15,18). The highest BCUT2D eigenvalue weighted by atomic mass is 16.3. The lowest BCUT2D eigenvalue weighted by atomic mass is 9.94. The number of anilines is 1. The Hall–Kier alpha value is -1.56. The molecule has 0 aliphatic carbocycles.